The second kappa shape index (κ2) is 10.3. The van der Waals surface area contributed by atoms with E-state index >= 15 is 0 Å². The number of carbonyl (C=O) groups excluding carboxylic acids is 2. The van der Waals surface area contributed by atoms with E-state index in [2.05, 4.69) is 5.32 Å². The summed E-state index contributed by atoms with van der Waals surface area (Å²) in [7, 11) is 1.64. The number of nitrogens with one attached hydrogen (secondary N) is 1. The standard InChI is InChI=1S/C23H34FNO3/c1-14(2)23(27)20-12-25-11-17(9-15(3)13-26)19(20)10-22(28-5)18-7-6-8-21(24)16(18)4/h6-8,13-15,17,19-20,22,25H,9-12H2,1-5H3/t15?,17-,19?,20+,22?/m1/s1. The third-order valence-electron chi connectivity index (χ3n) is 6.16. The fourth-order valence-corrected chi connectivity index (χ4v) is 4.51. The van der Waals surface area contributed by atoms with Crippen LogP contribution < -0.4 is 5.32 Å². The summed E-state index contributed by atoms with van der Waals surface area (Å²) in [5, 5.41) is 3.39. The normalized spacial score (nSPS) is 24.8. The number of hydrogen-bond acceptors (Lipinski definition) is 4. The highest BCUT2D eigenvalue weighted by Gasteiger charge is 2.40. The van der Waals surface area contributed by atoms with Crippen molar-refractivity contribution in [2.45, 2.75) is 46.6 Å². The molecule has 156 valence electrons. The molecular weight excluding hydrogens is 357 g/mol. The first-order valence-corrected chi connectivity index (χ1v) is 10.3. The maximum absolute atomic E-state index is 14.1. The Labute approximate surface area is 168 Å². The van der Waals surface area contributed by atoms with Gasteiger partial charge in [0.2, 0.25) is 0 Å². The third kappa shape index (κ3) is 5.26. The van der Waals surface area contributed by atoms with Crippen LogP contribution in [0.4, 0.5) is 4.39 Å². The molecule has 0 amide bonds. The maximum Gasteiger partial charge on any atom is 0.140 e. The summed E-state index contributed by atoms with van der Waals surface area (Å²) in [6, 6.07) is 5.06. The molecule has 1 aromatic rings. The molecule has 5 heteroatoms. The molecule has 1 heterocycles. The van der Waals surface area contributed by atoms with Crippen molar-refractivity contribution in [1.29, 1.82) is 0 Å². The highest BCUT2D eigenvalue weighted by atomic mass is 19.1. The number of aldehydes is 1. The van der Waals surface area contributed by atoms with Gasteiger partial charge in [0.05, 0.1) is 6.10 Å². The smallest absolute Gasteiger partial charge is 0.140 e. The molecule has 1 fully saturated rings. The summed E-state index contributed by atoms with van der Waals surface area (Å²) >= 11 is 0. The number of benzene rings is 1. The minimum Gasteiger partial charge on any atom is -0.377 e. The van der Waals surface area contributed by atoms with Crippen LogP contribution in [0.3, 0.4) is 0 Å². The fourth-order valence-electron chi connectivity index (χ4n) is 4.51. The van der Waals surface area contributed by atoms with Gasteiger partial charge in [0.15, 0.2) is 0 Å². The van der Waals surface area contributed by atoms with Crippen LogP contribution in [0.5, 0.6) is 0 Å². The van der Waals surface area contributed by atoms with Crippen molar-refractivity contribution >= 4 is 12.1 Å². The summed E-state index contributed by atoms with van der Waals surface area (Å²) in [4.78, 5) is 24.2. The Morgan fingerprint density at radius 1 is 1.29 bits per heavy atom. The molecule has 0 radical (unpaired) electrons. The number of hydrogen-bond donors (Lipinski definition) is 1. The average Bonchev–Trinajstić information content (AvgIpc) is 2.68. The van der Waals surface area contributed by atoms with Crippen LogP contribution in [-0.2, 0) is 14.3 Å². The Kier molecular flexibility index (Phi) is 8.32. The molecule has 5 atom stereocenters. The zero-order chi connectivity index (χ0) is 20.8. The lowest BCUT2D eigenvalue weighted by Gasteiger charge is -2.41. The van der Waals surface area contributed by atoms with Crippen LogP contribution in [0.1, 0.15) is 50.8 Å². The molecule has 1 aromatic carbocycles. The van der Waals surface area contributed by atoms with Crippen molar-refractivity contribution in [2.24, 2.45) is 29.6 Å². The van der Waals surface area contributed by atoms with Crippen LogP contribution in [0.15, 0.2) is 18.2 Å². The quantitative estimate of drug-likeness (QED) is 0.644. The van der Waals surface area contributed by atoms with E-state index in [1.807, 2.05) is 26.8 Å². The van der Waals surface area contributed by atoms with Crippen molar-refractivity contribution < 1.29 is 18.7 Å². The van der Waals surface area contributed by atoms with E-state index in [1.54, 1.807) is 20.1 Å². The van der Waals surface area contributed by atoms with Crippen LogP contribution >= 0.6 is 0 Å². The van der Waals surface area contributed by atoms with Gasteiger partial charge in [-0.3, -0.25) is 4.79 Å². The van der Waals surface area contributed by atoms with Crippen molar-refractivity contribution in [3.63, 3.8) is 0 Å². The van der Waals surface area contributed by atoms with Crippen molar-refractivity contribution in [1.82, 2.24) is 5.32 Å². The number of rotatable bonds is 9. The van der Waals surface area contributed by atoms with Gasteiger partial charge in [-0.05, 0) is 55.3 Å². The van der Waals surface area contributed by atoms with Crippen LogP contribution in [0.25, 0.3) is 0 Å². The Morgan fingerprint density at radius 3 is 2.61 bits per heavy atom. The molecule has 0 bridgehead atoms. The lowest BCUT2D eigenvalue weighted by atomic mass is 9.69. The number of piperidine rings is 1. The van der Waals surface area contributed by atoms with Gasteiger partial charge in [-0.25, -0.2) is 4.39 Å². The Bertz CT molecular complexity index is 676. The molecule has 1 aliphatic rings. The van der Waals surface area contributed by atoms with Gasteiger partial charge in [0.25, 0.3) is 0 Å². The number of Topliss-reactive ketones (excluding diaryl/α,β-unsaturated/α-hetero) is 1. The predicted octanol–water partition coefficient (Wildman–Crippen LogP) is 4.11. The van der Waals surface area contributed by atoms with Crippen LogP contribution in [-0.4, -0.2) is 32.3 Å². The summed E-state index contributed by atoms with van der Waals surface area (Å²) in [6.45, 7) is 8.98. The van der Waals surface area contributed by atoms with Gasteiger partial charge in [0.1, 0.15) is 17.9 Å². The SMILES string of the molecule is COC(CC1[C@H](CC(C)C=O)CNC[C@@H]1C(=O)C(C)C)c1cccc(F)c1C. The number of ether oxygens (including phenoxy) is 1. The second-order valence-corrected chi connectivity index (χ2v) is 8.51. The van der Waals surface area contributed by atoms with Crippen molar-refractivity contribution in [3.8, 4) is 0 Å². The zero-order valence-electron chi connectivity index (χ0n) is 17.7. The second-order valence-electron chi connectivity index (χ2n) is 8.51. The number of halogens is 1. The molecule has 28 heavy (non-hydrogen) atoms. The van der Waals surface area contributed by atoms with Gasteiger partial charge >= 0.3 is 0 Å². The van der Waals surface area contributed by atoms with Crippen molar-refractivity contribution in [3.05, 3.63) is 35.1 Å². The predicted molar refractivity (Wildman–Crippen MR) is 109 cm³/mol. The Hall–Kier alpha value is -1.59. The zero-order valence-corrected chi connectivity index (χ0v) is 17.7. The first-order chi connectivity index (χ1) is 13.3. The van der Waals surface area contributed by atoms with Gasteiger partial charge in [-0.2, -0.15) is 0 Å². The van der Waals surface area contributed by atoms with E-state index in [1.165, 1.54) is 6.07 Å². The third-order valence-corrected chi connectivity index (χ3v) is 6.16. The van der Waals surface area contributed by atoms with Gasteiger partial charge in [-0.1, -0.05) is 32.9 Å². The Balaban J connectivity index is 2.34. The molecule has 2 rings (SSSR count). The Morgan fingerprint density at radius 2 is 2.00 bits per heavy atom. The van der Waals surface area contributed by atoms with Gasteiger partial charge in [0, 0.05) is 31.4 Å². The van der Waals surface area contributed by atoms with Crippen LogP contribution in [0.2, 0.25) is 0 Å². The van der Waals surface area contributed by atoms with Gasteiger partial charge in [-0.15, -0.1) is 0 Å². The minimum atomic E-state index is -0.282. The topological polar surface area (TPSA) is 55.4 Å². The van der Waals surface area contributed by atoms with E-state index in [0.29, 0.717) is 18.5 Å². The molecule has 0 saturated carbocycles. The summed E-state index contributed by atoms with van der Waals surface area (Å²) in [5.74, 6) is 0.0635. The first kappa shape index (κ1) is 22.7. The largest absolute Gasteiger partial charge is 0.377 e. The number of methoxy groups -OCH3 is 1. The van der Waals surface area contributed by atoms with E-state index in [9.17, 15) is 14.0 Å². The maximum atomic E-state index is 14.1. The summed E-state index contributed by atoms with van der Waals surface area (Å²) < 4.78 is 19.9. The number of ketones is 1. The van der Waals surface area contributed by atoms with E-state index < -0.39 is 0 Å². The molecule has 4 nitrogen and oxygen atoms in total. The lowest BCUT2D eigenvalue weighted by molar-refractivity contribution is -0.130. The fraction of sp³-hybridized carbons (Fsp3) is 0.652. The molecule has 1 N–H and O–H groups in total. The molecule has 0 aromatic heterocycles. The van der Waals surface area contributed by atoms with E-state index in [4.69, 9.17) is 4.74 Å². The average molecular weight is 392 g/mol. The molecule has 1 aliphatic heterocycles. The monoisotopic (exact) mass is 391 g/mol. The summed E-state index contributed by atoms with van der Waals surface area (Å²) in [5.41, 5.74) is 1.42. The van der Waals surface area contributed by atoms with Gasteiger partial charge < -0.3 is 14.8 Å². The van der Waals surface area contributed by atoms with E-state index in [-0.39, 0.29) is 47.3 Å². The lowest BCUT2D eigenvalue weighted by Crippen LogP contribution is -2.48. The highest BCUT2D eigenvalue weighted by molar-refractivity contribution is 5.83. The number of carbonyl (C=O) groups is 2. The first-order valence-electron chi connectivity index (χ1n) is 10.3. The molecule has 0 spiro atoms. The van der Waals surface area contributed by atoms with Crippen LogP contribution in [0, 0.1) is 42.3 Å². The summed E-state index contributed by atoms with van der Waals surface area (Å²) in [6.07, 6.45) is 2.08. The van der Waals surface area contributed by atoms with E-state index in [0.717, 1.165) is 24.8 Å². The highest BCUT2D eigenvalue weighted by Crippen LogP contribution is 2.39. The molecular formula is C23H34FNO3. The van der Waals surface area contributed by atoms with Crippen molar-refractivity contribution in [2.75, 3.05) is 20.2 Å². The minimum absolute atomic E-state index is 0.0477. The molecule has 3 unspecified atom stereocenters. The molecule has 1 saturated heterocycles. The molecule has 0 aliphatic carbocycles.